The molecule has 128 valence electrons. The van der Waals surface area contributed by atoms with E-state index in [9.17, 15) is 4.79 Å². The van der Waals surface area contributed by atoms with Crippen molar-refractivity contribution in [2.45, 2.75) is 53.1 Å². The van der Waals surface area contributed by atoms with E-state index in [2.05, 4.69) is 16.8 Å². The van der Waals surface area contributed by atoms with Crippen LogP contribution in [-0.4, -0.2) is 60.2 Å². The van der Waals surface area contributed by atoms with Crippen molar-refractivity contribution in [2.24, 2.45) is 16.6 Å². The molecule has 2 N–H and O–H groups in total. The summed E-state index contributed by atoms with van der Waals surface area (Å²) >= 11 is 0. The smallest absolute Gasteiger partial charge is 0.410 e. The molecule has 0 unspecified atom stereocenters. The maximum atomic E-state index is 12.0. The quantitative estimate of drug-likeness (QED) is 0.638. The van der Waals surface area contributed by atoms with E-state index in [0.717, 1.165) is 31.8 Å². The van der Waals surface area contributed by atoms with Crippen LogP contribution in [0, 0.1) is 5.92 Å². The van der Waals surface area contributed by atoms with E-state index in [1.165, 1.54) is 0 Å². The van der Waals surface area contributed by atoms with Crippen LogP contribution in [0.1, 0.15) is 47.5 Å². The Balaban J connectivity index is 2.42. The molecule has 0 aromatic carbocycles. The van der Waals surface area contributed by atoms with Crippen molar-refractivity contribution in [1.82, 2.24) is 9.80 Å². The Morgan fingerprint density at radius 1 is 1.36 bits per heavy atom. The highest BCUT2D eigenvalue weighted by Gasteiger charge is 2.21. The summed E-state index contributed by atoms with van der Waals surface area (Å²) in [6.45, 7) is 13.4. The van der Waals surface area contributed by atoms with Crippen molar-refractivity contribution in [1.29, 1.82) is 0 Å². The topological polar surface area (TPSA) is 71.2 Å². The first-order valence-corrected chi connectivity index (χ1v) is 8.25. The van der Waals surface area contributed by atoms with Gasteiger partial charge in [0.15, 0.2) is 5.96 Å². The molecule has 0 aromatic heterocycles. The van der Waals surface area contributed by atoms with Crippen LogP contribution in [0.5, 0.6) is 0 Å². The summed E-state index contributed by atoms with van der Waals surface area (Å²) in [4.78, 5) is 20.2. The second kappa shape index (κ2) is 8.25. The first kappa shape index (κ1) is 18.6. The van der Waals surface area contributed by atoms with Crippen LogP contribution in [0.3, 0.4) is 0 Å². The third-order valence-electron chi connectivity index (χ3n) is 3.78. The Labute approximate surface area is 134 Å². The summed E-state index contributed by atoms with van der Waals surface area (Å²) in [5.74, 6) is 1.36. The summed E-state index contributed by atoms with van der Waals surface area (Å²) in [5, 5.41) is 0. The van der Waals surface area contributed by atoms with E-state index < -0.39 is 5.60 Å². The van der Waals surface area contributed by atoms with Crippen LogP contribution in [0.25, 0.3) is 0 Å². The maximum Gasteiger partial charge on any atom is 0.410 e. The SMILES string of the molecule is CCN(CCN=C(N)N1CCC(C)CC1)C(=O)OC(C)(C)C. The first-order chi connectivity index (χ1) is 10.2. The minimum Gasteiger partial charge on any atom is -0.444 e. The lowest BCUT2D eigenvalue weighted by Gasteiger charge is -2.31. The number of ether oxygens (including phenoxy) is 1. The first-order valence-electron chi connectivity index (χ1n) is 8.25. The average molecular weight is 312 g/mol. The normalized spacial score (nSPS) is 17.5. The van der Waals surface area contributed by atoms with Gasteiger partial charge in [0, 0.05) is 26.2 Å². The van der Waals surface area contributed by atoms with Crippen LogP contribution in [0.4, 0.5) is 4.79 Å². The number of guanidine groups is 1. The van der Waals surface area contributed by atoms with Gasteiger partial charge in [0.1, 0.15) is 5.60 Å². The van der Waals surface area contributed by atoms with Gasteiger partial charge in [-0.3, -0.25) is 4.99 Å². The molecule has 0 saturated carbocycles. The van der Waals surface area contributed by atoms with Crippen molar-refractivity contribution in [3.05, 3.63) is 0 Å². The number of piperidine rings is 1. The maximum absolute atomic E-state index is 12.0. The summed E-state index contributed by atoms with van der Waals surface area (Å²) < 4.78 is 5.37. The van der Waals surface area contributed by atoms with Crippen LogP contribution in [0.15, 0.2) is 4.99 Å². The van der Waals surface area contributed by atoms with Gasteiger partial charge in [-0.15, -0.1) is 0 Å². The van der Waals surface area contributed by atoms with Gasteiger partial charge < -0.3 is 20.3 Å². The Kier molecular flexibility index (Phi) is 6.97. The van der Waals surface area contributed by atoms with Crippen LogP contribution in [-0.2, 0) is 4.74 Å². The number of hydrogen-bond donors (Lipinski definition) is 1. The lowest BCUT2D eigenvalue weighted by Crippen LogP contribution is -2.43. The number of aliphatic imine (C=N–C) groups is 1. The molecule has 0 spiro atoms. The second-order valence-corrected chi connectivity index (χ2v) is 6.97. The van der Waals surface area contributed by atoms with E-state index in [-0.39, 0.29) is 6.09 Å². The van der Waals surface area contributed by atoms with Crippen molar-refractivity contribution < 1.29 is 9.53 Å². The minimum absolute atomic E-state index is 0.296. The Morgan fingerprint density at radius 3 is 2.45 bits per heavy atom. The molecule has 1 fully saturated rings. The van der Waals surface area contributed by atoms with E-state index in [1.54, 1.807) is 4.90 Å². The average Bonchev–Trinajstić information content (AvgIpc) is 2.42. The van der Waals surface area contributed by atoms with Gasteiger partial charge in [0.05, 0.1) is 6.54 Å². The van der Waals surface area contributed by atoms with Gasteiger partial charge in [0.2, 0.25) is 0 Å². The van der Waals surface area contributed by atoms with Crippen molar-refractivity contribution >= 4 is 12.1 Å². The number of carbonyl (C=O) groups excluding carboxylic acids is 1. The zero-order chi connectivity index (χ0) is 16.8. The van der Waals surface area contributed by atoms with E-state index in [0.29, 0.717) is 25.6 Å². The van der Waals surface area contributed by atoms with Gasteiger partial charge in [-0.05, 0) is 46.5 Å². The molecular formula is C16H32N4O2. The predicted octanol–water partition coefficient (Wildman–Crippen LogP) is 2.29. The molecule has 6 nitrogen and oxygen atoms in total. The fourth-order valence-electron chi connectivity index (χ4n) is 2.33. The Bertz CT molecular complexity index is 382. The third kappa shape index (κ3) is 6.54. The predicted molar refractivity (Wildman–Crippen MR) is 89.9 cm³/mol. The number of nitrogens with two attached hydrogens (primary N) is 1. The fourth-order valence-corrected chi connectivity index (χ4v) is 2.33. The zero-order valence-electron chi connectivity index (χ0n) is 14.8. The molecule has 1 heterocycles. The second-order valence-electron chi connectivity index (χ2n) is 6.97. The number of nitrogens with zero attached hydrogens (tertiary/aromatic N) is 3. The minimum atomic E-state index is -0.475. The lowest BCUT2D eigenvalue weighted by molar-refractivity contribution is 0.0266. The van der Waals surface area contributed by atoms with Crippen molar-refractivity contribution in [3.8, 4) is 0 Å². The highest BCUT2D eigenvalue weighted by Crippen LogP contribution is 2.15. The van der Waals surface area contributed by atoms with Gasteiger partial charge in [-0.25, -0.2) is 4.79 Å². The summed E-state index contributed by atoms with van der Waals surface area (Å²) in [7, 11) is 0. The van der Waals surface area contributed by atoms with Gasteiger partial charge in [0.25, 0.3) is 0 Å². The molecule has 0 aliphatic carbocycles. The Morgan fingerprint density at radius 2 is 1.95 bits per heavy atom. The lowest BCUT2D eigenvalue weighted by atomic mass is 10.00. The standard InChI is InChI=1S/C16H32N4O2/c1-6-19(15(21)22-16(3,4)5)12-9-18-14(17)20-10-7-13(2)8-11-20/h13H,6-12H2,1-5H3,(H2,17,18). The number of carbonyl (C=O) groups is 1. The molecule has 1 aliphatic heterocycles. The van der Waals surface area contributed by atoms with E-state index in [1.807, 2.05) is 27.7 Å². The highest BCUT2D eigenvalue weighted by atomic mass is 16.6. The summed E-state index contributed by atoms with van der Waals surface area (Å²) in [6.07, 6.45) is 2.03. The monoisotopic (exact) mass is 312 g/mol. The number of likely N-dealkylation sites (tertiary alicyclic amines) is 1. The zero-order valence-corrected chi connectivity index (χ0v) is 14.8. The summed E-state index contributed by atoms with van der Waals surface area (Å²) in [5.41, 5.74) is 5.57. The van der Waals surface area contributed by atoms with E-state index >= 15 is 0 Å². The molecule has 1 amide bonds. The molecule has 1 saturated heterocycles. The van der Waals surface area contributed by atoms with Crippen molar-refractivity contribution in [3.63, 3.8) is 0 Å². The molecule has 1 aliphatic rings. The Hall–Kier alpha value is -1.46. The van der Waals surface area contributed by atoms with Crippen LogP contribution in [0.2, 0.25) is 0 Å². The molecule has 0 bridgehead atoms. The summed E-state index contributed by atoms with van der Waals surface area (Å²) in [6, 6.07) is 0. The van der Waals surface area contributed by atoms with E-state index in [4.69, 9.17) is 10.5 Å². The fraction of sp³-hybridized carbons (Fsp3) is 0.875. The number of amides is 1. The molecule has 6 heteroatoms. The van der Waals surface area contributed by atoms with Gasteiger partial charge >= 0.3 is 6.09 Å². The van der Waals surface area contributed by atoms with Crippen LogP contribution >= 0.6 is 0 Å². The number of likely N-dealkylation sites (N-methyl/N-ethyl adjacent to an activating group) is 1. The molecule has 1 rings (SSSR count). The largest absolute Gasteiger partial charge is 0.444 e. The van der Waals surface area contributed by atoms with Crippen LogP contribution < -0.4 is 5.73 Å². The third-order valence-corrected chi connectivity index (χ3v) is 3.78. The number of hydrogen-bond acceptors (Lipinski definition) is 3. The van der Waals surface area contributed by atoms with Gasteiger partial charge in [-0.2, -0.15) is 0 Å². The molecule has 22 heavy (non-hydrogen) atoms. The number of rotatable bonds is 4. The molecule has 0 radical (unpaired) electrons. The molecule has 0 atom stereocenters. The highest BCUT2D eigenvalue weighted by molar-refractivity contribution is 5.78. The van der Waals surface area contributed by atoms with Crippen molar-refractivity contribution in [2.75, 3.05) is 32.7 Å². The molecule has 0 aromatic rings. The van der Waals surface area contributed by atoms with Gasteiger partial charge in [-0.1, -0.05) is 6.92 Å². The molecular weight excluding hydrogens is 280 g/mol.